The van der Waals surface area contributed by atoms with Crippen LogP contribution in [-0.2, 0) is 6.61 Å². The zero-order valence-corrected chi connectivity index (χ0v) is 23.4. The molecule has 0 amide bonds. The lowest BCUT2D eigenvalue weighted by atomic mass is 10.1. The van der Waals surface area contributed by atoms with Crippen LogP contribution in [0.5, 0.6) is 11.5 Å². The van der Waals surface area contributed by atoms with Crippen LogP contribution in [0.2, 0.25) is 10.0 Å². The molecule has 1 aromatic heterocycles. The molecule has 8 nitrogen and oxygen atoms in total. The van der Waals surface area contributed by atoms with Crippen molar-refractivity contribution in [2.75, 3.05) is 13.2 Å². The van der Waals surface area contributed by atoms with Crippen molar-refractivity contribution in [3.8, 4) is 17.2 Å². The molecule has 0 aliphatic carbocycles. The topological polar surface area (TPSA) is 92.3 Å². The largest absolute Gasteiger partial charge is 0.490 e. The molecule has 0 N–H and O–H groups in total. The number of thioether (sulfide) groups is 1. The number of hydrogen-bond donors (Lipinski definition) is 0. The van der Waals surface area contributed by atoms with Gasteiger partial charge in [0.05, 0.1) is 11.6 Å². The fraction of sp³-hybridized carbons (Fsp3) is 0.259. The first kappa shape index (κ1) is 27.8. The van der Waals surface area contributed by atoms with Crippen molar-refractivity contribution in [3.63, 3.8) is 0 Å². The van der Waals surface area contributed by atoms with E-state index in [4.69, 9.17) is 32.7 Å². The molecule has 1 atom stereocenters. The number of aromatic nitrogens is 3. The van der Waals surface area contributed by atoms with Crippen molar-refractivity contribution in [3.05, 3.63) is 103 Å². The highest BCUT2D eigenvalue weighted by atomic mass is 35.5. The van der Waals surface area contributed by atoms with Gasteiger partial charge in [-0.3, -0.25) is 14.7 Å². The van der Waals surface area contributed by atoms with Crippen molar-refractivity contribution in [2.24, 2.45) is 0 Å². The third-order valence-electron chi connectivity index (χ3n) is 5.65. The summed E-state index contributed by atoms with van der Waals surface area (Å²) in [5.74, 6) is 1.46. The molecule has 0 spiro atoms. The molecule has 198 valence electrons. The minimum atomic E-state index is -0.611. The van der Waals surface area contributed by atoms with Gasteiger partial charge in [-0.15, -0.1) is 10.2 Å². The number of rotatable bonds is 11. The van der Waals surface area contributed by atoms with Gasteiger partial charge in [-0.1, -0.05) is 64.8 Å². The summed E-state index contributed by atoms with van der Waals surface area (Å²) in [6.45, 7) is 5.97. The number of halogens is 2. The number of nitro groups is 1. The molecular weight excluding hydrogens is 547 g/mol. The van der Waals surface area contributed by atoms with Crippen molar-refractivity contribution in [2.45, 2.75) is 37.8 Å². The second kappa shape index (κ2) is 12.5. The maximum atomic E-state index is 11.7. The summed E-state index contributed by atoms with van der Waals surface area (Å²) < 4.78 is 13.7. The highest BCUT2D eigenvalue weighted by molar-refractivity contribution is 7.99. The quantitative estimate of drug-likeness (QED) is 0.106. The zero-order chi connectivity index (χ0) is 27.2. The van der Waals surface area contributed by atoms with Gasteiger partial charge in [-0.25, -0.2) is 0 Å². The Kier molecular flexibility index (Phi) is 9.14. The Morgan fingerprint density at radius 1 is 1.03 bits per heavy atom. The van der Waals surface area contributed by atoms with E-state index in [2.05, 4.69) is 10.2 Å². The van der Waals surface area contributed by atoms with E-state index in [0.717, 1.165) is 16.8 Å². The molecule has 0 unspecified atom stereocenters. The Hall–Kier alpha value is -3.27. The summed E-state index contributed by atoms with van der Waals surface area (Å²) in [5.41, 5.74) is 3.52. The van der Waals surface area contributed by atoms with Gasteiger partial charge in [0.1, 0.15) is 17.7 Å². The molecule has 0 fully saturated rings. The molecule has 0 saturated heterocycles. The first-order valence-corrected chi connectivity index (χ1v) is 13.5. The molecule has 4 rings (SSSR count). The molecule has 3 aromatic carbocycles. The predicted octanol–water partition coefficient (Wildman–Crippen LogP) is 7.28. The third kappa shape index (κ3) is 6.78. The Morgan fingerprint density at radius 2 is 1.74 bits per heavy atom. The average molecular weight is 574 g/mol. The molecule has 0 bridgehead atoms. The summed E-state index contributed by atoms with van der Waals surface area (Å²) in [4.78, 5) is 11.3. The summed E-state index contributed by atoms with van der Waals surface area (Å²) in [6, 6.07) is 18.6. The van der Waals surface area contributed by atoms with Crippen LogP contribution in [0.15, 0.2) is 65.8 Å². The van der Waals surface area contributed by atoms with E-state index in [1.54, 1.807) is 24.3 Å². The van der Waals surface area contributed by atoms with Gasteiger partial charge in [0.25, 0.3) is 0 Å². The second-order valence-corrected chi connectivity index (χ2v) is 10.5. The summed E-state index contributed by atoms with van der Waals surface area (Å²) in [6.07, 6.45) is 0. The SMILES string of the molecule is CCOc1cc([C@H](C[N+](=O)[O-])Sc2nnc(C)n2-c2ccc(C)cc2)cc(Cl)c1OCc1ccc(Cl)cc1. The Balaban J connectivity index is 1.66. The first-order valence-electron chi connectivity index (χ1n) is 11.9. The van der Waals surface area contributed by atoms with E-state index in [9.17, 15) is 10.1 Å². The number of benzene rings is 3. The monoisotopic (exact) mass is 572 g/mol. The van der Waals surface area contributed by atoms with Crippen molar-refractivity contribution < 1.29 is 14.4 Å². The van der Waals surface area contributed by atoms with Crippen molar-refractivity contribution in [1.82, 2.24) is 14.8 Å². The predicted molar refractivity (Wildman–Crippen MR) is 150 cm³/mol. The molecule has 0 aliphatic heterocycles. The van der Waals surface area contributed by atoms with Crippen LogP contribution < -0.4 is 9.47 Å². The minimum absolute atomic E-state index is 0.252. The molecule has 0 saturated carbocycles. The highest BCUT2D eigenvalue weighted by Gasteiger charge is 2.26. The number of nitrogens with zero attached hydrogens (tertiary/aromatic N) is 4. The normalized spacial score (nSPS) is 11.8. The van der Waals surface area contributed by atoms with Crippen LogP contribution in [-0.4, -0.2) is 32.8 Å². The van der Waals surface area contributed by atoms with Gasteiger partial charge in [0, 0.05) is 15.6 Å². The lowest BCUT2D eigenvalue weighted by Gasteiger charge is -2.19. The average Bonchev–Trinajstić information content (AvgIpc) is 3.24. The summed E-state index contributed by atoms with van der Waals surface area (Å²) >= 11 is 13.9. The number of aryl methyl sites for hydroxylation is 2. The maximum Gasteiger partial charge on any atom is 0.220 e. The fourth-order valence-electron chi connectivity index (χ4n) is 3.80. The van der Waals surface area contributed by atoms with Crippen LogP contribution >= 0.6 is 35.0 Å². The fourth-order valence-corrected chi connectivity index (χ4v) is 5.35. The van der Waals surface area contributed by atoms with Gasteiger partial charge in [-0.05, 0) is 68.3 Å². The van der Waals surface area contributed by atoms with Gasteiger partial charge >= 0.3 is 0 Å². The molecular formula is C27H26Cl2N4O4S. The summed E-state index contributed by atoms with van der Waals surface area (Å²) in [7, 11) is 0. The number of ether oxygens (including phenoxy) is 2. The molecule has 11 heteroatoms. The highest BCUT2D eigenvalue weighted by Crippen LogP contribution is 2.43. The van der Waals surface area contributed by atoms with E-state index >= 15 is 0 Å². The van der Waals surface area contributed by atoms with E-state index < -0.39 is 5.25 Å². The third-order valence-corrected chi connectivity index (χ3v) is 7.36. The van der Waals surface area contributed by atoms with Gasteiger partial charge < -0.3 is 9.47 Å². The lowest BCUT2D eigenvalue weighted by molar-refractivity contribution is -0.479. The first-order chi connectivity index (χ1) is 18.2. The van der Waals surface area contributed by atoms with Crippen LogP contribution in [0.1, 0.15) is 34.7 Å². The zero-order valence-electron chi connectivity index (χ0n) is 21.1. The van der Waals surface area contributed by atoms with Crippen LogP contribution in [0.25, 0.3) is 5.69 Å². The van der Waals surface area contributed by atoms with E-state index in [-0.39, 0.29) is 18.1 Å². The molecule has 0 aliphatic rings. The van der Waals surface area contributed by atoms with Gasteiger partial charge in [0.2, 0.25) is 6.54 Å². The lowest BCUT2D eigenvalue weighted by Crippen LogP contribution is -2.12. The van der Waals surface area contributed by atoms with Crippen LogP contribution in [0, 0.1) is 24.0 Å². The Bertz CT molecular complexity index is 1410. The molecule has 38 heavy (non-hydrogen) atoms. The maximum absolute atomic E-state index is 11.7. The smallest absolute Gasteiger partial charge is 0.220 e. The Labute approximate surface area is 235 Å². The van der Waals surface area contributed by atoms with Crippen LogP contribution in [0.4, 0.5) is 0 Å². The van der Waals surface area contributed by atoms with Gasteiger partial charge in [0.15, 0.2) is 16.7 Å². The number of hydrogen-bond acceptors (Lipinski definition) is 7. The van der Waals surface area contributed by atoms with Gasteiger partial charge in [-0.2, -0.15) is 0 Å². The van der Waals surface area contributed by atoms with Crippen LogP contribution in [0.3, 0.4) is 0 Å². The Morgan fingerprint density at radius 3 is 2.39 bits per heavy atom. The molecule has 0 radical (unpaired) electrons. The van der Waals surface area contributed by atoms with Crippen molar-refractivity contribution >= 4 is 35.0 Å². The summed E-state index contributed by atoms with van der Waals surface area (Å²) in [5, 5.41) is 21.1. The minimum Gasteiger partial charge on any atom is -0.490 e. The standard InChI is InChI=1S/C27H26Cl2N4O4S/c1-4-36-24-14-20(13-23(29)26(24)37-16-19-7-9-21(28)10-8-19)25(15-32(34)35)38-27-31-30-18(3)33(27)22-11-5-17(2)6-12-22/h5-14,25H,4,15-16H2,1-3H3/t25-/m0/s1. The molecule has 1 heterocycles. The molecule has 4 aromatic rings. The van der Waals surface area contributed by atoms with Crippen molar-refractivity contribution in [1.29, 1.82) is 0 Å². The second-order valence-electron chi connectivity index (χ2n) is 8.50. The van der Waals surface area contributed by atoms with E-state index in [1.807, 2.05) is 61.7 Å². The van der Waals surface area contributed by atoms with E-state index in [0.29, 0.717) is 44.7 Å². The van der Waals surface area contributed by atoms with E-state index in [1.165, 1.54) is 11.8 Å².